The Morgan fingerprint density at radius 1 is 0.646 bits per heavy atom. The molecule has 0 atom stereocenters. The van der Waals surface area contributed by atoms with Crippen molar-refractivity contribution in [1.82, 2.24) is 9.97 Å². The van der Waals surface area contributed by atoms with Crippen LogP contribution in [-0.4, -0.2) is 15.7 Å². The van der Waals surface area contributed by atoms with Crippen LogP contribution in [-0.2, 0) is 6.42 Å². The van der Waals surface area contributed by atoms with Crippen LogP contribution in [0, 0.1) is 6.92 Å². The Bertz CT molecular complexity index is 2300. The molecule has 0 fully saturated rings. The summed E-state index contributed by atoms with van der Waals surface area (Å²) in [5, 5.41) is 2.28. The van der Waals surface area contributed by atoms with E-state index in [0.29, 0.717) is 5.92 Å². The van der Waals surface area contributed by atoms with Gasteiger partial charge in [0.1, 0.15) is 0 Å². The van der Waals surface area contributed by atoms with Crippen LogP contribution in [0.2, 0.25) is 0 Å². The van der Waals surface area contributed by atoms with E-state index in [1.807, 2.05) is 6.07 Å². The maximum atomic E-state index is 5.21. The number of hydrogen-bond acceptors (Lipinski definition) is 3. The molecule has 0 unspecified atom stereocenters. The topological polar surface area (TPSA) is 38.1 Å². The third kappa shape index (κ3) is 6.59. The van der Waals surface area contributed by atoms with Crippen molar-refractivity contribution in [3.8, 4) is 22.4 Å². The van der Waals surface area contributed by atoms with Crippen molar-refractivity contribution in [3.05, 3.63) is 174 Å². The fourth-order valence-electron chi connectivity index (χ4n) is 6.36. The van der Waals surface area contributed by atoms with Gasteiger partial charge in [0.05, 0.1) is 22.4 Å². The minimum Gasteiger partial charge on any atom is -0.253 e. The maximum Gasteiger partial charge on any atom is 0.0972 e. The van der Waals surface area contributed by atoms with Gasteiger partial charge in [-0.15, -0.1) is 0 Å². The molecule has 7 rings (SSSR count). The zero-order valence-electron chi connectivity index (χ0n) is 28.0. The minimum absolute atomic E-state index is 0.409. The van der Waals surface area contributed by atoms with E-state index in [-0.39, 0.29) is 0 Å². The SMILES string of the molecule is CC(=N/C(=C\Cc1ccccc1)c1ccccc1)c1cccc(-c2cccc(-c3ccc4ccc5c(C(C)C)cc(C)nc5c4n3)c2)c1. The summed E-state index contributed by atoms with van der Waals surface area (Å²) in [4.78, 5) is 15.3. The van der Waals surface area contributed by atoms with Gasteiger partial charge in [0, 0.05) is 27.7 Å². The van der Waals surface area contributed by atoms with Gasteiger partial charge in [-0.05, 0) is 83.8 Å². The van der Waals surface area contributed by atoms with Crippen molar-refractivity contribution in [2.24, 2.45) is 4.99 Å². The number of aromatic nitrogens is 2. The van der Waals surface area contributed by atoms with Crippen molar-refractivity contribution < 1.29 is 0 Å². The van der Waals surface area contributed by atoms with Gasteiger partial charge in [0.15, 0.2) is 0 Å². The van der Waals surface area contributed by atoms with E-state index in [0.717, 1.165) is 73.5 Å². The molecule has 2 aromatic heterocycles. The summed E-state index contributed by atoms with van der Waals surface area (Å²) in [6.45, 7) is 8.64. The molecule has 3 heteroatoms. The van der Waals surface area contributed by atoms with Gasteiger partial charge in [-0.2, -0.15) is 0 Å². The Balaban J connectivity index is 1.23. The molecular formula is C45H39N3. The third-order valence-electron chi connectivity index (χ3n) is 8.92. The summed E-state index contributed by atoms with van der Waals surface area (Å²) in [6, 6.07) is 49.1. The fraction of sp³-hybridized carbons (Fsp3) is 0.133. The summed E-state index contributed by atoms with van der Waals surface area (Å²) < 4.78 is 0. The van der Waals surface area contributed by atoms with Crippen LogP contribution in [0.15, 0.2) is 151 Å². The van der Waals surface area contributed by atoms with Gasteiger partial charge in [-0.1, -0.05) is 135 Å². The first-order chi connectivity index (χ1) is 23.4. The molecule has 0 aliphatic heterocycles. The second kappa shape index (κ2) is 13.6. The lowest BCUT2D eigenvalue weighted by molar-refractivity contribution is 0.871. The molecule has 48 heavy (non-hydrogen) atoms. The Labute approximate surface area is 283 Å². The molecule has 0 N–H and O–H groups in total. The summed E-state index contributed by atoms with van der Waals surface area (Å²) in [5.41, 5.74) is 14.0. The Morgan fingerprint density at radius 2 is 1.31 bits per heavy atom. The fourth-order valence-corrected chi connectivity index (χ4v) is 6.36. The van der Waals surface area contributed by atoms with Crippen molar-refractivity contribution in [1.29, 1.82) is 0 Å². The number of aryl methyl sites for hydroxylation is 1. The highest BCUT2D eigenvalue weighted by atomic mass is 14.8. The largest absolute Gasteiger partial charge is 0.253 e. The second-order valence-electron chi connectivity index (χ2n) is 12.7. The molecule has 0 bridgehead atoms. The van der Waals surface area contributed by atoms with Gasteiger partial charge >= 0.3 is 0 Å². The second-order valence-corrected chi connectivity index (χ2v) is 12.7. The van der Waals surface area contributed by atoms with E-state index in [1.54, 1.807) is 0 Å². The average molecular weight is 622 g/mol. The maximum absolute atomic E-state index is 5.21. The Hall–Kier alpha value is -5.67. The number of nitrogens with zero attached hydrogens (tertiary/aromatic N) is 3. The summed E-state index contributed by atoms with van der Waals surface area (Å²) in [5.74, 6) is 0.409. The molecule has 0 aliphatic carbocycles. The molecule has 0 saturated carbocycles. The van der Waals surface area contributed by atoms with Gasteiger partial charge in [0.25, 0.3) is 0 Å². The number of aliphatic imine (C=N–C) groups is 1. The summed E-state index contributed by atoms with van der Waals surface area (Å²) >= 11 is 0. The quantitative estimate of drug-likeness (QED) is 0.125. The standard InChI is InChI=1S/C45H39N3/c1-30(2)41-27-31(3)46-45-40(41)24-22-35-23-26-43(48-44(35)45)39-20-12-19-38(29-39)37-18-11-17-36(28-37)32(4)47-42(34-15-9-6-10-16-34)25-21-33-13-7-5-8-14-33/h5-20,22-30H,21H2,1-4H3/b42-25-,47-32?. The van der Waals surface area contributed by atoms with E-state index in [2.05, 4.69) is 167 Å². The smallest absolute Gasteiger partial charge is 0.0972 e. The van der Waals surface area contributed by atoms with Crippen LogP contribution in [0.5, 0.6) is 0 Å². The number of hydrogen-bond donors (Lipinski definition) is 0. The Kier molecular flexibility index (Phi) is 8.76. The molecule has 0 aliphatic rings. The van der Waals surface area contributed by atoms with Crippen molar-refractivity contribution in [2.75, 3.05) is 0 Å². The van der Waals surface area contributed by atoms with Crippen molar-refractivity contribution in [3.63, 3.8) is 0 Å². The van der Waals surface area contributed by atoms with E-state index >= 15 is 0 Å². The van der Waals surface area contributed by atoms with Gasteiger partial charge < -0.3 is 0 Å². The number of rotatable bonds is 8. The van der Waals surface area contributed by atoms with Crippen LogP contribution >= 0.6 is 0 Å². The lowest BCUT2D eigenvalue weighted by atomic mass is 9.96. The summed E-state index contributed by atoms with van der Waals surface area (Å²) in [7, 11) is 0. The molecule has 3 nitrogen and oxygen atoms in total. The van der Waals surface area contributed by atoms with Crippen LogP contribution in [0.4, 0.5) is 0 Å². The highest BCUT2D eigenvalue weighted by Crippen LogP contribution is 2.32. The van der Waals surface area contributed by atoms with Crippen molar-refractivity contribution >= 4 is 33.2 Å². The molecular weight excluding hydrogens is 583 g/mol. The lowest BCUT2D eigenvalue weighted by Gasteiger charge is -2.13. The Morgan fingerprint density at radius 3 is 2.08 bits per heavy atom. The minimum atomic E-state index is 0.409. The average Bonchev–Trinajstić information content (AvgIpc) is 3.13. The number of benzene rings is 5. The number of allylic oxidation sites excluding steroid dienone is 1. The van der Waals surface area contributed by atoms with E-state index in [9.17, 15) is 0 Å². The zero-order chi connectivity index (χ0) is 33.0. The lowest BCUT2D eigenvalue weighted by Crippen LogP contribution is -1.97. The van der Waals surface area contributed by atoms with Gasteiger partial charge in [0.2, 0.25) is 0 Å². The third-order valence-corrected chi connectivity index (χ3v) is 8.92. The van der Waals surface area contributed by atoms with E-state index in [1.165, 1.54) is 16.5 Å². The first-order valence-electron chi connectivity index (χ1n) is 16.7. The van der Waals surface area contributed by atoms with Crippen molar-refractivity contribution in [2.45, 2.75) is 40.0 Å². The van der Waals surface area contributed by atoms with Crippen LogP contribution in [0.1, 0.15) is 54.6 Å². The molecule has 0 amide bonds. The number of pyridine rings is 2. The van der Waals surface area contributed by atoms with Crippen LogP contribution in [0.25, 0.3) is 49.9 Å². The highest BCUT2D eigenvalue weighted by Gasteiger charge is 2.13. The van der Waals surface area contributed by atoms with E-state index in [4.69, 9.17) is 15.0 Å². The monoisotopic (exact) mass is 621 g/mol. The normalized spacial score (nSPS) is 12.3. The molecule has 0 spiro atoms. The highest BCUT2D eigenvalue weighted by molar-refractivity contribution is 6.05. The molecule has 5 aromatic carbocycles. The first kappa shape index (κ1) is 31.0. The molecule has 0 saturated heterocycles. The predicted molar refractivity (Wildman–Crippen MR) is 204 cm³/mol. The summed E-state index contributed by atoms with van der Waals surface area (Å²) in [6.07, 6.45) is 3.05. The molecule has 7 aromatic rings. The number of fused-ring (bicyclic) bond motifs is 3. The van der Waals surface area contributed by atoms with Crippen LogP contribution in [0.3, 0.4) is 0 Å². The van der Waals surface area contributed by atoms with Gasteiger partial charge in [-0.3, -0.25) is 9.98 Å². The van der Waals surface area contributed by atoms with E-state index < -0.39 is 0 Å². The molecule has 0 radical (unpaired) electrons. The zero-order valence-corrected chi connectivity index (χ0v) is 28.0. The molecule has 2 heterocycles. The first-order valence-corrected chi connectivity index (χ1v) is 16.7. The predicted octanol–water partition coefficient (Wildman–Crippen LogP) is 11.6. The van der Waals surface area contributed by atoms with Crippen LogP contribution < -0.4 is 0 Å². The van der Waals surface area contributed by atoms with Gasteiger partial charge in [-0.25, -0.2) is 4.98 Å². The molecule has 234 valence electrons.